The fraction of sp³-hybridized carbons (Fsp3) is 0. The van der Waals surface area contributed by atoms with E-state index in [4.69, 9.17) is 0 Å². The van der Waals surface area contributed by atoms with E-state index in [1.165, 1.54) is 6.20 Å². The van der Waals surface area contributed by atoms with Gasteiger partial charge in [-0.25, -0.2) is 4.98 Å². The van der Waals surface area contributed by atoms with Gasteiger partial charge in [0.1, 0.15) is 5.69 Å². The second-order valence-electron chi connectivity index (χ2n) is 2.99. The van der Waals surface area contributed by atoms with Gasteiger partial charge in [-0.2, -0.15) is 0 Å². The van der Waals surface area contributed by atoms with Gasteiger partial charge in [-0.05, 0) is 0 Å². The summed E-state index contributed by atoms with van der Waals surface area (Å²) < 4.78 is 0. The summed E-state index contributed by atoms with van der Waals surface area (Å²) in [7, 11) is 0. The van der Waals surface area contributed by atoms with Crippen molar-refractivity contribution in [2.24, 2.45) is 0 Å². The van der Waals surface area contributed by atoms with Crippen LogP contribution in [0, 0.1) is 0 Å². The smallest absolute Gasteiger partial charge is 0.266 e. The van der Waals surface area contributed by atoms with Crippen LogP contribution in [-0.2, 0) is 0 Å². The van der Waals surface area contributed by atoms with Crippen LogP contribution in [0.1, 0.15) is 16.1 Å². The number of aromatic amines is 1. The number of carbonyl (C=O) groups is 1. The van der Waals surface area contributed by atoms with Gasteiger partial charge >= 0.3 is 0 Å². The third-order valence-electron chi connectivity index (χ3n) is 1.94. The molecule has 1 aromatic carbocycles. The van der Waals surface area contributed by atoms with Crippen LogP contribution in [0.15, 0.2) is 47.5 Å². The van der Waals surface area contributed by atoms with E-state index in [2.05, 4.69) is 9.97 Å². The van der Waals surface area contributed by atoms with Crippen molar-refractivity contribution in [2.75, 3.05) is 0 Å². The van der Waals surface area contributed by atoms with E-state index in [-0.39, 0.29) is 17.0 Å². The summed E-state index contributed by atoms with van der Waals surface area (Å²) in [4.78, 5) is 28.7. The first-order valence-corrected chi connectivity index (χ1v) is 4.42. The van der Waals surface area contributed by atoms with Crippen molar-refractivity contribution < 1.29 is 4.79 Å². The first-order valence-electron chi connectivity index (χ1n) is 4.42. The van der Waals surface area contributed by atoms with Crippen LogP contribution in [-0.4, -0.2) is 15.8 Å². The van der Waals surface area contributed by atoms with Crippen molar-refractivity contribution in [3.63, 3.8) is 0 Å². The van der Waals surface area contributed by atoms with Gasteiger partial charge in [-0.1, -0.05) is 30.3 Å². The number of H-pyrrole nitrogens is 1. The molecular weight excluding hydrogens is 192 g/mol. The Morgan fingerprint density at radius 1 is 1.20 bits per heavy atom. The zero-order valence-corrected chi connectivity index (χ0v) is 7.81. The van der Waals surface area contributed by atoms with Crippen molar-refractivity contribution in [2.45, 2.75) is 0 Å². The Kier molecular flexibility index (Phi) is 2.41. The molecule has 1 aromatic heterocycles. The summed E-state index contributed by atoms with van der Waals surface area (Å²) in [5.41, 5.74) is 0.470. The average Bonchev–Trinajstić information content (AvgIpc) is 2.30. The van der Waals surface area contributed by atoms with Crippen molar-refractivity contribution in [1.82, 2.24) is 9.97 Å². The van der Waals surface area contributed by atoms with Crippen LogP contribution in [0.3, 0.4) is 0 Å². The second kappa shape index (κ2) is 3.88. The number of nitrogens with zero attached hydrogens (tertiary/aromatic N) is 1. The molecular formula is C11H8N2O2. The van der Waals surface area contributed by atoms with E-state index in [0.717, 1.165) is 6.20 Å². The summed E-state index contributed by atoms with van der Waals surface area (Å²) in [5.74, 6) is -0.202. The van der Waals surface area contributed by atoms with E-state index in [1.54, 1.807) is 24.3 Å². The minimum atomic E-state index is -0.320. The van der Waals surface area contributed by atoms with Crippen LogP contribution >= 0.6 is 0 Å². The lowest BCUT2D eigenvalue weighted by Crippen LogP contribution is -2.11. The van der Waals surface area contributed by atoms with Crippen molar-refractivity contribution in [3.8, 4) is 0 Å². The number of hydrogen-bond donors (Lipinski definition) is 1. The van der Waals surface area contributed by atoms with Crippen molar-refractivity contribution in [1.29, 1.82) is 0 Å². The van der Waals surface area contributed by atoms with Gasteiger partial charge in [0.15, 0.2) is 0 Å². The molecule has 4 heteroatoms. The third-order valence-corrected chi connectivity index (χ3v) is 1.94. The quantitative estimate of drug-likeness (QED) is 0.735. The van der Waals surface area contributed by atoms with E-state index < -0.39 is 0 Å². The maximum Gasteiger partial charge on any atom is 0.266 e. The fourth-order valence-corrected chi connectivity index (χ4v) is 1.20. The zero-order chi connectivity index (χ0) is 10.7. The minimum Gasteiger partial charge on any atom is -0.325 e. The number of hydrogen-bond acceptors (Lipinski definition) is 3. The lowest BCUT2D eigenvalue weighted by atomic mass is 10.1. The molecule has 1 N–H and O–H groups in total. The molecule has 0 fully saturated rings. The molecule has 15 heavy (non-hydrogen) atoms. The predicted octanol–water partition coefficient (Wildman–Crippen LogP) is 1.00. The first kappa shape index (κ1) is 9.33. The Balaban J connectivity index is 2.37. The number of aromatic nitrogens is 2. The molecule has 0 aliphatic rings. The number of carbonyl (C=O) groups excluding carboxylic acids is 1. The summed E-state index contributed by atoms with van der Waals surface area (Å²) in [6, 6.07) is 8.79. The molecule has 0 radical (unpaired) electrons. The fourth-order valence-electron chi connectivity index (χ4n) is 1.20. The molecule has 0 aliphatic carbocycles. The van der Waals surface area contributed by atoms with E-state index in [1.807, 2.05) is 6.07 Å². The molecule has 4 nitrogen and oxygen atoms in total. The average molecular weight is 200 g/mol. The predicted molar refractivity (Wildman–Crippen MR) is 54.7 cm³/mol. The van der Waals surface area contributed by atoms with E-state index in [0.29, 0.717) is 5.56 Å². The standard InChI is InChI=1S/C11H8N2O2/c14-10-7-12-9(6-13-10)11(15)8-4-2-1-3-5-8/h1-7H,(H,13,14). The molecule has 74 valence electrons. The van der Waals surface area contributed by atoms with Gasteiger partial charge in [0, 0.05) is 11.8 Å². The third kappa shape index (κ3) is 1.99. The molecule has 0 saturated carbocycles. The highest BCUT2D eigenvalue weighted by Crippen LogP contribution is 2.04. The van der Waals surface area contributed by atoms with Gasteiger partial charge in [-0.15, -0.1) is 0 Å². The summed E-state index contributed by atoms with van der Waals surface area (Å²) >= 11 is 0. The van der Waals surface area contributed by atoms with Crippen LogP contribution < -0.4 is 5.56 Å². The minimum absolute atomic E-state index is 0.202. The molecule has 2 aromatic rings. The molecule has 1 heterocycles. The summed E-state index contributed by atoms with van der Waals surface area (Å²) in [5, 5.41) is 0. The molecule has 0 saturated heterocycles. The van der Waals surface area contributed by atoms with Gasteiger partial charge in [0.05, 0.1) is 6.20 Å². The Labute approximate surface area is 85.6 Å². The lowest BCUT2D eigenvalue weighted by molar-refractivity contribution is 0.103. The number of rotatable bonds is 2. The summed E-state index contributed by atoms with van der Waals surface area (Å²) in [6.45, 7) is 0. The zero-order valence-electron chi connectivity index (χ0n) is 7.81. The number of nitrogens with one attached hydrogen (secondary N) is 1. The second-order valence-corrected chi connectivity index (χ2v) is 2.99. The Bertz CT molecular complexity index is 511. The maximum atomic E-state index is 11.8. The Morgan fingerprint density at radius 3 is 2.53 bits per heavy atom. The van der Waals surface area contributed by atoms with Gasteiger partial charge in [0.2, 0.25) is 5.78 Å². The van der Waals surface area contributed by atoms with Crippen molar-refractivity contribution >= 4 is 5.78 Å². The molecule has 0 aliphatic heterocycles. The highest BCUT2D eigenvalue weighted by Gasteiger charge is 2.09. The first-order chi connectivity index (χ1) is 7.27. The van der Waals surface area contributed by atoms with Crippen LogP contribution in [0.25, 0.3) is 0 Å². The van der Waals surface area contributed by atoms with Gasteiger partial charge in [-0.3, -0.25) is 9.59 Å². The molecule has 2 rings (SSSR count). The lowest BCUT2D eigenvalue weighted by Gasteiger charge is -1.98. The Morgan fingerprint density at radius 2 is 1.93 bits per heavy atom. The largest absolute Gasteiger partial charge is 0.325 e. The maximum absolute atomic E-state index is 11.8. The van der Waals surface area contributed by atoms with Gasteiger partial charge in [0.25, 0.3) is 5.56 Å². The van der Waals surface area contributed by atoms with E-state index in [9.17, 15) is 9.59 Å². The monoisotopic (exact) mass is 200 g/mol. The highest BCUT2D eigenvalue weighted by atomic mass is 16.1. The van der Waals surface area contributed by atoms with Crippen LogP contribution in [0.4, 0.5) is 0 Å². The van der Waals surface area contributed by atoms with Crippen molar-refractivity contribution in [3.05, 3.63) is 64.3 Å². The summed E-state index contributed by atoms with van der Waals surface area (Å²) in [6.07, 6.45) is 2.41. The van der Waals surface area contributed by atoms with Gasteiger partial charge < -0.3 is 4.98 Å². The molecule has 0 amide bonds. The topological polar surface area (TPSA) is 62.8 Å². The molecule has 0 unspecified atom stereocenters. The van der Waals surface area contributed by atoms with E-state index >= 15 is 0 Å². The number of benzene rings is 1. The number of ketones is 1. The SMILES string of the molecule is O=C(c1ccccc1)c1c[nH]c(=O)cn1. The highest BCUT2D eigenvalue weighted by molar-refractivity contribution is 6.07. The molecule has 0 atom stereocenters. The molecule has 0 spiro atoms. The Hall–Kier alpha value is -2.23. The van der Waals surface area contributed by atoms with Crippen LogP contribution in [0.2, 0.25) is 0 Å². The van der Waals surface area contributed by atoms with Crippen LogP contribution in [0.5, 0.6) is 0 Å². The molecule has 0 bridgehead atoms. The normalized spacial score (nSPS) is 9.87.